The number of carboxylic acid groups (broad SMARTS) is 1. The Morgan fingerprint density at radius 3 is 2.75 bits per heavy atom. The summed E-state index contributed by atoms with van der Waals surface area (Å²) < 4.78 is 1.62. The van der Waals surface area contributed by atoms with Crippen LogP contribution in [0.2, 0.25) is 0 Å². The molecular weight excluding hydrogens is 154 g/mol. The molecule has 0 spiro atoms. The van der Waals surface area contributed by atoms with Gasteiger partial charge in [-0.3, -0.25) is 0 Å². The third-order valence-corrected chi connectivity index (χ3v) is 1.53. The smallest absolute Gasteiger partial charge is 0.335 e. The largest absolute Gasteiger partial charge is 0.478 e. The number of carboxylic acids is 1. The van der Waals surface area contributed by atoms with Gasteiger partial charge in [-0.15, -0.1) is 0 Å². The molecular formula is C9H10NO2+. The minimum Gasteiger partial charge on any atom is -0.478 e. The Hall–Kier alpha value is -1.64. The maximum absolute atomic E-state index is 10.5. The second-order valence-electron chi connectivity index (χ2n) is 2.55. The average Bonchev–Trinajstić information content (AvgIpc) is 2.04. The quantitative estimate of drug-likeness (QED) is 0.529. The topological polar surface area (TPSA) is 40.3 Å². The molecule has 1 rings (SSSR count). The summed E-state index contributed by atoms with van der Waals surface area (Å²) in [6.07, 6.45) is 0. The molecule has 12 heavy (non-hydrogen) atoms. The van der Waals surface area contributed by atoms with Crippen molar-refractivity contribution >= 4 is 18.4 Å². The Bertz CT molecular complexity index is 302. The van der Waals surface area contributed by atoms with Gasteiger partial charge in [0.1, 0.15) is 13.8 Å². The van der Waals surface area contributed by atoms with Crippen LogP contribution in [-0.2, 0) is 0 Å². The molecule has 0 aliphatic heterocycles. The Morgan fingerprint density at radius 2 is 2.25 bits per heavy atom. The second kappa shape index (κ2) is 3.17. The third kappa shape index (κ3) is 1.69. The zero-order valence-corrected chi connectivity index (χ0v) is 6.82. The van der Waals surface area contributed by atoms with Gasteiger partial charge in [0.25, 0.3) is 0 Å². The molecule has 0 fully saturated rings. The van der Waals surface area contributed by atoms with Crippen LogP contribution in [0.1, 0.15) is 10.4 Å². The van der Waals surface area contributed by atoms with Crippen LogP contribution < -0.4 is 0 Å². The van der Waals surface area contributed by atoms with E-state index in [-0.39, 0.29) is 5.56 Å². The molecule has 0 atom stereocenters. The number of hydrogen-bond donors (Lipinski definition) is 1. The summed E-state index contributed by atoms with van der Waals surface area (Å²) in [5.41, 5.74) is 1.07. The highest BCUT2D eigenvalue weighted by atomic mass is 16.4. The molecule has 1 aromatic rings. The lowest BCUT2D eigenvalue weighted by Crippen LogP contribution is -1.98. The molecule has 0 radical (unpaired) electrons. The Labute approximate surface area is 70.6 Å². The molecule has 0 saturated heterocycles. The van der Waals surface area contributed by atoms with Crippen molar-refractivity contribution in [2.24, 2.45) is 0 Å². The molecule has 1 aromatic carbocycles. The SMILES string of the molecule is C=[N+](C)c1cccc(C(=O)O)c1. The lowest BCUT2D eigenvalue weighted by Gasteiger charge is -1.95. The van der Waals surface area contributed by atoms with Crippen molar-refractivity contribution in [2.75, 3.05) is 7.05 Å². The predicted octanol–water partition coefficient (Wildman–Crippen LogP) is 1.36. The monoisotopic (exact) mass is 164 g/mol. The van der Waals surface area contributed by atoms with E-state index in [4.69, 9.17) is 5.11 Å². The second-order valence-corrected chi connectivity index (χ2v) is 2.55. The van der Waals surface area contributed by atoms with Crippen molar-refractivity contribution in [1.82, 2.24) is 0 Å². The van der Waals surface area contributed by atoms with Crippen LogP contribution in [-0.4, -0.2) is 29.4 Å². The fourth-order valence-corrected chi connectivity index (χ4v) is 0.876. The Kier molecular flexibility index (Phi) is 2.24. The van der Waals surface area contributed by atoms with Gasteiger partial charge in [-0.25, -0.2) is 9.37 Å². The fraction of sp³-hybridized carbons (Fsp3) is 0.111. The number of rotatable bonds is 2. The van der Waals surface area contributed by atoms with E-state index in [1.807, 2.05) is 0 Å². The summed E-state index contributed by atoms with van der Waals surface area (Å²) in [5, 5.41) is 8.65. The van der Waals surface area contributed by atoms with Crippen LogP contribution in [0.5, 0.6) is 0 Å². The lowest BCUT2D eigenvalue weighted by atomic mass is 10.2. The van der Waals surface area contributed by atoms with E-state index in [2.05, 4.69) is 6.72 Å². The molecule has 0 bridgehead atoms. The van der Waals surface area contributed by atoms with Crippen LogP contribution in [0.25, 0.3) is 0 Å². The maximum atomic E-state index is 10.5. The van der Waals surface area contributed by atoms with E-state index >= 15 is 0 Å². The molecule has 3 nitrogen and oxygen atoms in total. The van der Waals surface area contributed by atoms with Crippen LogP contribution in [0.3, 0.4) is 0 Å². The summed E-state index contributed by atoms with van der Waals surface area (Å²) in [5.74, 6) is -0.918. The summed E-state index contributed by atoms with van der Waals surface area (Å²) in [4.78, 5) is 10.5. The van der Waals surface area contributed by atoms with Crippen molar-refractivity contribution in [2.45, 2.75) is 0 Å². The number of hydrogen-bond acceptors (Lipinski definition) is 1. The highest BCUT2D eigenvalue weighted by molar-refractivity contribution is 5.88. The minimum absolute atomic E-state index is 0.281. The Balaban J connectivity index is 3.12. The van der Waals surface area contributed by atoms with Gasteiger partial charge < -0.3 is 5.11 Å². The molecule has 0 aliphatic rings. The van der Waals surface area contributed by atoms with Gasteiger partial charge in [0.15, 0.2) is 0 Å². The number of carbonyl (C=O) groups is 1. The van der Waals surface area contributed by atoms with E-state index in [1.54, 1.807) is 35.9 Å². The van der Waals surface area contributed by atoms with Gasteiger partial charge in [-0.1, -0.05) is 6.07 Å². The molecule has 0 unspecified atom stereocenters. The lowest BCUT2D eigenvalue weighted by molar-refractivity contribution is -0.394. The summed E-state index contributed by atoms with van der Waals surface area (Å²) in [6, 6.07) is 6.63. The highest BCUT2D eigenvalue weighted by Gasteiger charge is 2.06. The first-order valence-corrected chi connectivity index (χ1v) is 3.49. The van der Waals surface area contributed by atoms with Gasteiger partial charge in [0, 0.05) is 12.1 Å². The van der Waals surface area contributed by atoms with E-state index in [9.17, 15) is 4.79 Å². The van der Waals surface area contributed by atoms with Crippen molar-refractivity contribution in [3.8, 4) is 0 Å². The van der Waals surface area contributed by atoms with Crippen molar-refractivity contribution in [1.29, 1.82) is 0 Å². The van der Waals surface area contributed by atoms with Crippen molar-refractivity contribution in [3.05, 3.63) is 29.8 Å². The zero-order chi connectivity index (χ0) is 9.14. The zero-order valence-electron chi connectivity index (χ0n) is 6.82. The third-order valence-electron chi connectivity index (χ3n) is 1.53. The van der Waals surface area contributed by atoms with Gasteiger partial charge >= 0.3 is 5.97 Å². The van der Waals surface area contributed by atoms with Gasteiger partial charge in [0.2, 0.25) is 5.69 Å². The number of aromatic carboxylic acids is 1. The molecule has 0 amide bonds. The molecule has 0 aromatic heterocycles. The van der Waals surface area contributed by atoms with Crippen LogP contribution in [0, 0.1) is 0 Å². The summed E-state index contributed by atoms with van der Waals surface area (Å²) in [6.45, 7) is 3.65. The molecule has 62 valence electrons. The predicted molar refractivity (Wildman–Crippen MR) is 46.4 cm³/mol. The number of nitrogens with zero attached hydrogens (tertiary/aromatic N) is 1. The van der Waals surface area contributed by atoms with Gasteiger partial charge in [-0.05, 0) is 6.07 Å². The molecule has 1 N–H and O–H groups in total. The summed E-state index contributed by atoms with van der Waals surface area (Å²) >= 11 is 0. The highest BCUT2D eigenvalue weighted by Crippen LogP contribution is 2.11. The van der Waals surface area contributed by atoms with E-state index in [1.165, 1.54) is 0 Å². The first-order valence-electron chi connectivity index (χ1n) is 3.49. The fourth-order valence-electron chi connectivity index (χ4n) is 0.876. The van der Waals surface area contributed by atoms with Crippen molar-refractivity contribution < 1.29 is 14.5 Å². The first kappa shape index (κ1) is 8.46. The molecule has 0 heterocycles. The maximum Gasteiger partial charge on any atom is 0.335 e. The Morgan fingerprint density at radius 1 is 1.58 bits per heavy atom. The summed E-state index contributed by atoms with van der Waals surface area (Å²) in [7, 11) is 1.76. The standard InChI is InChI=1S/C9H9NO2/c1-10(2)8-5-3-4-7(6-8)9(11)12/h3-6H,1H2,2H3/p+1. The van der Waals surface area contributed by atoms with Gasteiger partial charge in [-0.2, -0.15) is 0 Å². The van der Waals surface area contributed by atoms with Crippen LogP contribution >= 0.6 is 0 Å². The van der Waals surface area contributed by atoms with E-state index in [0.29, 0.717) is 0 Å². The normalized spacial score (nSPS) is 9.42. The van der Waals surface area contributed by atoms with Crippen molar-refractivity contribution in [3.63, 3.8) is 0 Å². The molecule has 0 aliphatic carbocycles. The average molecular weight is 164 g/mol. The molecule has 0 saturated carbocycles. The number of benzene rings is 1. The van der Waals surface area contributed by atoms with Crippen LogP contribution in [0.4, 0.5) is 5.69 Å². The minimum atomic E-state index is -0.918. The first-order chi connectivity index (χ1) is 5.61. The van der Waals surface area contributed by atoms with E-state index < -0.39 is 5.97 Å². The molecule has 3 heteroatoms. The van der Waals surface area contributed by atoms with Gasteiger partial charge in [0.05, 0.1) is 5.56 Å². The van der Waals surface area contributed by atoms with E-state index in [0.717, 1.165) is 5.69 Å². The van der Waals surface area contributed by atoms with Crippen LogP contribution in [0.15, 0.2) is 24.3 Å².